The molecule has 0 unspecified atom stereocenters. The Balaban J connectivity index is 2.32. The van der Waals surface area contributed by atoms with E-state index in [4.69, 9.17) is 4.74 Å². The van der Waals surface area contributed by atoms with Gasteiger partial charge in [0.2, 0.25) is 0 Å². The van der Waals surface area contributed by atoms with Crippen molar-refractivity contribution < 1.29 is 9.53 Å². The van der Waals surface area contributed by atoms with Crippen molar-refractivity contribution in [1.82, 2.24) is 0 Å². The van der Waals surface area contributed by atoms with Crippen LogP contribution in [-0.2, 0) is 9.53 Å². The third-order valence-corrected chi connectivity index (χ3v) is 3.45. The van der Waals surface area contributed by atoms with Gasteiger partial charge in [-0.1, -0.05) is 0 Å². The molecule has 0 bridgehead atoms. The summed E-state index contributed by atoms with van der Waals surface area (Å²) >= 11 is 0.293. The fraction of sp³-hybridized carbons (Fsp3) is 0.364. The van der Waals surface area contributed by atoms with E-state index in [1.54, 1.807) is 13.8 Å². The van der Waals surface area contributed by atoms with Crippen molar-refractivity contribution in [1.29, 1.82) is 0 Å². The van der Waals surface area contributed by atoms with Gasteiger partial charge in [0, 0.05) is 0 Å². The Morgan fingerprint density at radius 3 is 2.57 bits per heavy atom. The number of carbonyl (C=O) groups excluding carboxylic acids is 1. The molecule has 0 heterocycles. The van der Waals surface area contributed by atoms with E-state index < -0.39 is 5.60 Å². The summed E-state index contributed by atoms with van der Waals surface area (Å²) in [7, 11) is 0. The minimum absolute atomic E-state index is 0.293. The first kappa shape index (κ1) is 11.4. The van der Waals surface area contributed by atoms with Gasteiger partial charge in [-0.15, -0.1) is 0 Å². The SMILES string of the molecule is CC(C)(C=O)OC[Se]c1ccccc1. The van der Waals surface area contributed by atoms with Gasteiger partial charge in [0.05, 0.1) is 0 Å². The van der Waals surface area contributed by atoms with Crippen LogP contribution in [0.5, 0.6) is 0 Å². The predicted molar refractivity (Wildman–Crippen MR) is 57.9 cm³/mol. The molecule has 0 saturated heterocycles. The summed E-state index contributed by atoms with van der Waals surface area (Å²) in [6.45, 7) is 3.56. The minimum atomic E-state index is -0.642. The Morgan fingerprint density at radius 2 is 2.00 bits per heavy atom. The van der Waals surface area contributed by atoms with Crippen molar-refractivity contribution >= 4 is 25.7 Å². The third kappa shape index (κ3) is 4.05. The van der Waals surface area contributed by atoms with Crippen molar-refractivity contribution in [2.75, 3.05) is 5.51 Å². The number of hydrogen-bond donors (Lipinski definition) is 0. The molecule has 0 aliphatic heterocycles. The Bertz CT molecular complexity index is 283. The van der Waals surface area contributed by atoms with E-state index >= 15 is 0 Å². The van der Waals surface area contributed by atoms with Crippen molar-refractivity contribution in [3.63, 3.8) is 0 Å². The van der Waals surface area contributed by atoms with E-state index in [0.717, 1.165) is 6.29 Å². The van der Waals surface area contributed by atoms with Crippen LogP contribution in [-0.4, -0.2) is 32.3 Å². The van der Waals surface area contributed by atoms with Crippen LogP contribution in [0.4, 0.5) is 0 Å². The van der Waals surface area contributed by atoms with Crippen LogP contribution < -0.4 is 4.46 Å². The Morgan fingerprint density at radius 1 is 1.36 bits per heavy atom. The van der Waals surface area contributed by atoms with Crippen LogP contribution in [0.3, 0.4) is 0 Å². The Kier molecular flexibility index (Phi) is 4.33. The fourth-order valence-electron chi connectivity index (χ4n) is 0.800. The third-order valence-electron chi connectivity index (χ3n) is 1.68. The average molecular weight is 257 g/mol. The topological polar surface area (TPSA) is 26.3 Å². The normalized spacial score (nSPS) is 11.3. The summed E-state index contributed by atoms with van der Waals surface area (Å²) < 4.78 is 6.74. The molecular weight excluding hydrogens is 243 g/mol. The number of rotatable bonds is 5. The number of carbonyl (C=O) groups is 1. The van der Waals surface area contributed by atoms with Crippen LogP contribution in [0, 0.1) is 0 Å². The first-order valence-electron chi connectivity index (χ1n) is 4.42. The molecule has 14 heavy (non-hydrogen) atoms. The van der Waals surface area contributed by atoms with Crippen molar-refractivity contribution in [2.45, 2.75) is 19.4 Å². The van der Waals surface area contributed by atoms with Gasteiger partial charge in [-0.2, -0.15) is 0 Å². The molecule has 2 nitrogen and oxygen atoms in total. The van der Waals surface area contributed by atoms with E-state index in [1.165, 1.54) is 4.46 Å². The average Bonchev–Trinajstić information content (AvgIpc) is 2.19. The van der Waals surface area contributed by atoms with Gasteiger partial charge in [0.15, 0.2) is 0 Å². The Labute approximate surface area is 90.8 Å². The molecule has 3 heteroatoms. The molecule has 0 N–H and O–H groups in total. The summed E-state index contributed by atoms with van der Waals surface area (Å²) in [5.74, 6) is 0. The van der Waals surface area contributed by atoms with Gasteiger partial charge in [0.1, 0.15) is 0 Å². The molecule has 0 atom stereocenters. The van der Waals surface area contributed by atoms with Crippen LogP contribution >= 0.6 is 0 Å². The van der Waals surface area contributed by atoms with Crippen molar-refractivity contribution in [3.05, 3.63) is 30.3 Å². The molecule has 0 spiro atoms. The molecule has 0 radical (unpaired) electrons. The van der Waals surface area contributed by atoms with Crippen LogP contribution in [0.2, 0.25) is 0 Å². The van der Waals surface area contributed by atoms with E-state index in [2.05, 4.69) is 12.1 Å². The van der Waals surface area contributed by atoms with Gasteiger partial charge in [-0.05, 0) is 0 Å². The standard InChI is InChI=1S/C11H14O2Se/c1-11(2,8-12)13-9-14-10-6-4-3-5-7-10/h3-8H,9H2,1-2H3. The number of ether oxygens (including phenoxy) is 1. The summed E-state index contributed by atoms with van der Waals surface area (Å²) in [6, 6.07) is 10.2. The van der Waals surface area contributed by atoms with Gasteiger partial charge in [-0.25, -0.2) is 0 Å². The van der Waals surface area contributed by atoms with Gasteiger partial charge >= 0.3 is 90.5 Å². The molecule has 0 saturated carbocycles. The number of benzene rings is 1. The van der Waals surface area contributed by atoms with Crippen LogP contribution in [0.25, 0.3) is 0 Å². The van der Waals surface area contributed by atoms with Crippen molar-refractivity contribution in [3.8, 4) is 0 Å². The quantitative estimate of drug-likeness (QED) is 0.580. The molecule has 0 aliphatic carbocycles. The second-order valence-electron chi connectivity index (χ2n) is 3.44. The van der Waals surface area contributed by atoms with E-state index in [0.29, 0.717) is 20.5 Å². The summed E-state index contributed by atoms with van der Waals surface area (Å²) in [5, 5.41) is 0. The van der Waals surface area contributed by atoms with Gasteiger partial charge in [-0.3, -0.25) is 0 Å². The first-order chi connectivity index (χ1) is 6.64. The van der Waals surface area contributed by atoms with Crippen LogP contribution in [0.1, 0.15) is 13.8 Å². The number of aldehydes is 1. The molecule has 1 aromatic rings. The van der Waals surface area contributed by atoms with E-state index in [9.17, 15) is 4.79 Å². The van der Waals surface area contributed by atoms with Crippen LogP contribution in [0.15, 0.2) is 30.3 Å². The second kappa shape index (κ2) is 5.30. The summed E-state index contributed by atoms with van der Waals surface area (Å²) in [4.78, 5) is 10.6. The summed E-state index contributed by atoms with van der Waals surface area (Å²) in [5.41, 5.74) is -0.000711. The zero-order valence-electron chi connectivity index (χ0n) is 8.40. The van der Waals surface area contributed by atoms with Crippen molar-refractivity contribution in [2.24, 2.45) is 0 Å². The van der Waals surface area contributed by atoms with E-state index in [1.807, 2.05) is 18.2 Å². The van der Waals surface area contributed by atoms with Gasteiger partial charge < -0.3 is 0 Å². The maximum absolute atomic E-state index is 10.6. The van der Waals surface area contributed by atoms with Gasteiger partial charge in [0.25, 0.3) is 0 Å². The first-order valence-corrected chi connectivity index (χ1v) is 6.49. The van der Waals surface area contributed by atoms with E-state index in [-0.39, 0.29) is 0 Å². The molecule has 0 fully saturated rings. The Hall–Kier alpha value is -0.631. The molecule has 0 aromatic heterocycles. The zero-order chi connectivity index (χ0) is 10.4. The fourth-order valence-corrected chi connectivity index (χ4v) is 2.58. The molecule has 0 aliphatic rings. The maximum atomic E-state index is 10.6. The molecule has 1 rings (SSSR count). The monoisotopic (exact) mass is 258 g/mol. The molecule has 0 amide bonds. The molecular formula is C11H14O2Se. The predicted octanol–water partition coefficient (Wildman–Crippen LogP) is 0.968. The second-order valence-corrected chi connectivity index (χ2v) is 5.53. The zero-order valence-corrected chi connectivity index (χ0v) is 10.1. The summed E-state index contributed by atoms with van der Waals surface area (Å²) in [6.07, 6.45) is 0.841. The number of hydrogen-bond acceptors (Lipinski definition) is 2. The molecule has 1 aromatic carbocycles. The molecule has 76 valence electrons.